The Morgan fingerprint density at radius 3 is 2.45 bits per heavy atom. The minimum absolute atomic E-state index is 0.250. The highest BCUT2D eigenvalue weighted by atomic mass is 16.5. The SMILES string of the molecule is Cc1nc2c(OCC3CCCCC3)cccn2c1C(=O)NC(CO)(CO)CO.O=CO. The number of hydrogen-bond donors (Lipinski definition) is 5. The molecule has 2 aromatic rings. The third-order valence-corrected chi connectivity index (χ3v) is 5.49. The van der Waals surface area contributed by atoms with Gasteiger partial charge in [0.15, 0.2) is 11.4 Å². The van der Waals surface area contributed by atoms with Crippen molar-refractivity contribution in [1.82, 2.24) is 14.7 Å². The molecule has 1 saturated carbocycles. The van der Waals surface area contributed by atoms with E-state index in [1.165, 1.54) is 32.1 Å². The van der Waals surface area contributed by atoms with Crippen molar-refractivity contribution in [1.29, 1.82) is 0 Å². The number of carbonyl (C=O) groups excluding carboxylic acids is 1. The summed E-state index contributed by atoms with van der Waals surface area (Å²) in [5.41, 5.74) is -0.182. The van der Waals surface area contributed by atoms with Gasteiger partial charge in [0, 0.05) is 6.20 Å². The van der Waals surface area contributed by atoms with E-state index < -0.39 is 31.3 Å². The lowest BCUT2D eigenvalue weighted by Gasteiger charge is -2.28. The molecule has 0 spiro atoms. The van der Waals surface area contributed by atoms with Crippen molar-refractivity contribution in [2.45, 2.75) is 44.6 Å². The van der Waals surface area contributed by atoms with Crippen molar-refractivity contribution in [2.24, 2.45) is 5.92 Å². The predicted octanol–water partition coefficient (Wildman–Crippen LogP) is 0.748. The number of nitrogens with zero attached hydrogens (tertiary/aromatic N) is 2. The molecule has 10 nitrogen and oxygen atoms in total. The van der Waals surface area contributed by atoms with E-state index in [4.69, 9.17) is 14.6 Å². The molecule has 0 atom stereocenters. The first kappa shape index (κ1) is 24.6. The van der Waals surface area contributed by atoms with E-state index in [1.54, 1.807) is 23.6 Å². The molecule has 31 heavy (non-hydrogen) atoms. The lowest BCUT2D eigenvalue weighted by atomic mass is 9.90. The average molecular weight is 437 g/mol. The zero-order valence-electron chi connectivity index (χ0n) is 17.7. The van der Waals surface area contributed by atoms with E-state index in [-0.39, 0.29) is 12.2 Å². The highest BCUT2D eigenvalue weighted by molar-refractivity contribution is 5.95. The van der Waals surface area contributed by atoms with Gasteiger partial charge in [-0.2, -0.15) is 0 Å². The molecule has 0 radical (unpaired) electrons. The van der Waals surface area contributed by atoms with Crippen LogP contribution in [0.25, 0.3) is 5.65 Å². The number of hydrogen-bond acceptors (Lipinski definition) is 7. The van der Waals surface area contributed by atoms with E-state index >= 15 is 0 Å². The van der Waals surface area contributed by atoms with Gasteiger partial charge >= 0.3 is 0 Å². The van der Waals surface area contributed by atoms with Gasteiger partial charge in [0.1, 0.15) is 11.2 Å². The van der Waals surface area contributed by atoms with Gasteiger partial charge in [0.25, 0.3) is 12.4 Å². The second kappa shape index (κ2) is 11.6. The zero-order chi connectivity index (χ0) is 22.9. The summed E-state index contributed by atoms with van der Waals surface area (Å²) in [5, 5.41) is 37.8. The quantitative estimate of drug-likeness (QED) is 0.379. The monoisotopic (exact) mass is 437 g/mol. The number of fused-ring (bicyclic) bond motifs is 1. The Morgan fingerprint density at radius 2 is 1.87 bits per heavy atom. The number of aromatic nitrogens is 2. The molecule has 3 rings (SSSR count). The summed E-state index contributed by atoms with van der Waals surface area (Å²) in [5.74, 6) is 0.631. The Hall–Kier alpha value is -2.69. The normalized spacial score (nSPS) is 14.6. The maximum atomic E-state index is 12.8. The summed E-state index contributed by atoms with van der Waals surface area (Å²) in [6.45, 7) is 0.340. The fourth-order valence-electron chi connectivity index (χ4n) is 3.67. The van der Waals surface area contributed by atoms with Gasteiger partial charge in [-0.25, -0.2) is 4.98 Å². The maximum absolute atomic E-state index is 12.8. The van der Waals surface area contributed by atoms with Crippen molar-refractivity contribution in [3.63, 3.8) is 0 Å². The Balaban J connectivity index is 0.00000107. The summed E-state index contributed by atoms with van der Waals surface area (Å²) in [6.07, 6.45) is 7.85. The summed E-state index contributed by atoms with van der Waals surface area (Å²) in [4.78, 5) is 25.7. The molecule has 1 amide bonds. The number of rotatable bonds is 8. The van der Waals surface area contributed by atoms with Crippen LogP contribution in [0.4, 0.5) is 0 Å². The molecular formula is C21H31N3O7. The van der Waals surface area contributed by atoms with Crippen molar-refractivity contribution < 1.29 is 34.8 Å². The van der Waals surface area contributed by atoms with Crippen molar-refractivity contribution in [2.75, 3.05) is 26.4 Å². The first-order valence-electron chi connectivity index (χ1n) is 10.3. The molecule has 2 aromatic heterocycles. The van der Waals surface area contributed by atoms with Crippen LogP contribution in [0.1, 0.15) is 48.3 Å². The zero-order valence-corrected chi connectivity index (χ0v) is 17.7. The summed E-state index contributed by atoms with van der Waals surface area (Å²) in [6, 6.07) is 3.63. The minimum atomic E-state index is -1.50. The number of imidazole rings is 1. The molecule has 0 aromatic carbocycles. The minimum Gasteiger partial charge on any atom is -0.489 e. The molecule has 0 aliphatic heterocycles. The molecule has 5 N–H and O–H groups in total. The number of carboxylic acid groups (broad SMARTS) is 1. The molecule has 1 fully saturated rings. The number of pyridine rings is 1. The van der Waals surface area contributed by atoms with Gasteiger partial charge in [-0.3, -0.25) is 14.0 Å². The van der Waals surface area contributed by atoms with Gasteiger partial charge in [-0.05, 0) is 37.8 Å². The van der Waals surface area contributed by atoms with Gasteiger partial charge < -0.3 is 30.5 Å². The largest absolute Gasteiger partial charge is 0.489 e. The van der Waals surface area contributed by atoms with Crippen LogP contribution >= 0.6 is 0 Å². The molecule has 1 aliphatic rings. The van der Waals surface area contributed by atoms with E-state index in [0.29, 0.717) is 29.6 Å². The van der Waals surface area contributed by atoms with Crippen LogP contribution in [0.3, 0.4) is 0 Å². The fraction of sp³-hybridized carbons (Fsp3) is 0.571. The Labute approximate surface area is 180 Å². The van der Waals surface area contributed by atoms with Gasteiger partial charge in [-0.15, -0.1) is 0 Å². The van der Waals surface area contributed by atoms with Crippen LogP contribution < -0.4 is 10.1 Å². The van der Waals surface area contributed by atoms with Crippen LogP contribution in [-0.2, 0) is 4.79 Å². The Bertz CT molecular complexity index is 850. The number of amides is 1. The van der Waals surface area contributed by atoms with Crippen molar-refractivity contribution >= 4 is 18.0 Å². The fourth-order valence-corrected chi connectivity index (χ4v) is 3.67. The molecule has 0 saturated heterocycles. The van der Waals surface area contributed by atoms with Crippen LogP contribution in [0.15, 0.2) is 18.3 Å². The highest BCUT2D eigenvalue weighted by Crippen LogP contribution is 2.27. The molecule has 2 heterocycles. The number of aryl methyl sites for hydroxylation is 1. The lowest BCUT2D eigenvalue weighted by Crippen LogP contribution is -2.57. The molecule has 0 bridgehead atoms. The summed E-state index contributed by atoms with van der Waals surface area (Å²) < 4.78 is 7.67. The van der Waals surface area contributed by atoms with Crippen LogP contribution in [0.2, 0.25) is 0 Å². The smallest absolute Gasteiger partial charge is 0.290 e. The van der Waals surface area contributed by atoms with E-state index in [1.807, 2.05) is 6.07 Å². The van der Waals surface area contributed by atoms with Gasteiger partial charge in [-0.1, -0.05) is 19.3 Å². The molecule has 0 unspecified atom stereocenters. The number of ether oxygens (including phenoxy) is 1. The second-order valence-corrected chi connectivity index (χ2v) is 7.74. The maximum Gasteiger partial charge on any atom is 0.290 e. The number of aliphatic hydroxyl groups excluding tert-OH is 3. The average Bonchev–Trinajstić information content (AvgIpc) is 3.14. The van der Waals surface area contributed by atoms with E-state index in [0.717, 1.165) is 0 Å². The highest BCUT2D eigenvalue weighted by Gasteiger charge is 2.32. The van der Waals surface area contributed by atoms with Crippen LogP contribution in [-0.4, -0.2) is 74.2 Å². The number of nitrogens with one attached hydrogen (secondary N) is 1. The first-order valence-corrected chi connectivity index (χ1v) is 10.3. The lowest BCUT2D eigenvalue weighted by molar-refractivity contribution is -0.122. The first-order chi connectivity index (χ1) is 14.9. The third-order valence-electron chi connectivity index (χ3n) is 5.49. The van der Waals surface area contributed by atoms with Gasteiger partial charge in [0.2, 0.25) is 0 Å². The molecule has 1 aliphatic carbocycles. The topological polar surface area (TPSA) is 154 Å². The van der Waals surface area contributed by atoms with Crippen molar-refractivity contribution in [3.8, 4) is 5.75 Å². The van der Waals surface area contributed by atoms with Crippen LogP contribution in [0.5, 0.6) is 5.75 Å². The standard InChI is InChI=1S/C20H29N3O5.CH2O2/c1-14-17(19(27)22-20(11-24,12-25)13-26)23-9-5-8-16(18(23)21-14)28-10-15-6-3-2-4-7-15;2-1-3/h5,8-9,15,24-26H,2-4,6-7,10-13H2,1H3,(H,22,27);1H,(H,2,3). The molecule has 172 valence electrons. The van der Waals surface area contributed by atoms with Crippen LogP contribution in [0, 0.1) is 12.8 Å². The van der Waals surface area contributed by atoms with E-state index in [2.05, 4.69) is 10.3 Å². The van der Waals surface area contributed by atoms with E-state index in [9.17, 15) is 20.1 Å². The molecular weight excluding hydrogens is 406 g/mol. The summed E-state index contributed by atoms with van der Waals surface area (Å²) in [7, 11) is 0. The van der Waals surface area contributed by atoms with Gasteiger partial charge in [0.05, 0.1) is 32.1 Å². The predicted molar refractivity (Wildman–Crippen MR) is 112 cm³/mol. The summed E-state index contributed by atoms with van der Waals surface area (Å²) >= 11 is 0. The second-order valence-electron chi connectivity index (χ2n) is 7.74. The van der Waals surface area contributed by atoms with Crippen molar-refractivity contribution in [3.05, 3.63) is 29.7 Å². The number of carbonyl (C=O) groups is 2. The number of aliphatic hydroxyl groups is 3. The Kier molecular flexibility index (Phi) is 9.22. The molecule has 10 heteroatoms. The Morgan fingerprint density at radius 1 is 1.26 bits per heavy atom. The third kappa shape index (κ3) is 5.93.